The van der Waals surface area contributed by atoms with Crippen molar-refractivity contribution in [3.63, 3.8) is 0 Å². The van der Waals surface area contributed by atoms with Crippen LogP contribution < -0.4 is 0 Å². The summed E-state index contributed by atoms with van der Waals surface area (Å²) in [4.78, 5) is 34.4. The van der Waals surface area contributed by atoms with Crippen LogP contribution in [0, 0.1) is 0 Å². The second-order valence-corrected chi connectivity index (χ2v) is 15.7. The van der Waals surface area contributed by atoms with Gasteiger partial charge in [0.1, 0.15) is 6.61 Å². The van der Waals surface area contributed by atoms with E-state index in [0.29, 0.717) is 6.42 Å². The van der Waals surface area contributed by atoms with Crippen molar-refractivity contribution < 1.29 is 37.6 Å². The van der Waals surface area contributed by atoms with E-state index in [-0.39, 0.29) is 19.0 Å². The van der Waals surface area contributed by atoms with Gasteiger partial charge in [-0.1, -0.05) is 194 Å². The smallest absolute Gasteiger partial charge is 0.462 e. The molecule has 0 aromatic rings. The Morgan fingerprint density at radius 1 is 0.490 bits per heavy atom. The number of ether oxygens (including phenoxy) is 2. The van der Waals surface area contributed by atoms with Crippen LogP contribution in [-0.2, 0) is 32.7 Å². The van der Waals surface area contributed by atoms with Gasteiger partial charge >= 0.3 is 19.8 Å². The number of unbranched alkanes of at least 4 members (excludes halogenated alkanes) is 28. The average Bonchev–Trinajstić information content (AvgIpc) is 3.09. The zero-order valence-electron chi connectivity index (χ0n) is 32.4. The Morgan fingerprint density at radius 2 is 0.796 bits per heavy atom. The van der Waals surface area contributed by atoms with Crippen LogP contribution in [0.25, 0.3) is 0 Å². The third kappa shape index (κ3) is 36.6. The maximum Gasteiger partial charge on any atom is 0.472 e. The molecule has 8 nitrogen and oxygen atoms in total. The van der Waals surface area contributed by atoms with E-state index in [9.17, 15) is 19.0 Å². The quantitative estimate of drug-likeness (QED) is 0.0380. The molecular formula is C40H79O8P. The summed E-state index contributed by atoms with van der Waals surface area (Å²) in [6.45, 7) is 3.90. The molecule has 2 atom stereocenters. The number of esters is 2. The minimum atomic E-state index is -4.25. The molecule has 0 aliphatic rings. The lowest BCUT2D eigenvalue weighted by Gasteiger charge is -2.19. The summed E-state index contributed by atoms with van der Waals surface area (Å²) in [6.07, 6.45) is 37.3. The lowest BCUT2D eigenvalue weighted by atomic mass is 10.0. The van der Waals surface area contributed by atoms with Crippen molar-refractivity contribution in [2.45, 2.75) is 225 Å². The van der Waals surface area contributed by atoms with E-state index >= 15 is 0 Å². The van der Waals surface area contributed by atoms with E-state index in [1.807, 2.05) is 0 Å². The molecule has 0 radical (unpaired) electrons. The number of rotatable bonds is 39. The average molecular weight is 719 g/mol. The van der Waals surface area contributed by atoms with Gasteiger partial charge < -0.3 is 14.4 Å². The first-order chi connectivity index (χ1) is 23.8. The Labute approximate surface area is 302 Å². The molecule has 9 heteroatoms. The van der Waals surface area contributed by atoms with Crippen molar-refractivity contribution in [2.24, 2.45) is 0 Å². The monoisotopic (exact) mass is 719 g/mol. The van der Waals surface area contributed by atoms with Gasteiger partial charge in [-0.05, 0) is 12.8 Å². The molecule has 0 saturated heterocycles. The Bertz CT molecular complexity index is 777. The molecule has 0 heterocycles. The number of carbonyl (C=O) groups excluding carboxylic acids is 2. The summed E-state index contributed by atoms with van der Waals surface area (Å²) in [5.74, 6) is -0.790. The zero-order valence-corrected chi connectivity index (χ0v) is 33.3. The lowest BCUT2D eigenvalue weighted by Crippen LogP contribution is -2.29. The number of phosphoric acid groups is 1. The van der Waals surface area contributed by atoms with E-state index in [2.05, 4.69) is 18.4 Å². The fourth-order valence-corrected chi connectivity index (χ4v) is 6.59. The van der Waals surface area contributed by atoms with Crippen molar-refractivity contribution >= 4 is 19.8 Å². The third-order valence-electron chi connectivity index (χ3n) is 9.35. The van der Waals surface area contributed by atoms with Crippen molar-refractivity contribution in [2.75, 3.05) is 20.3 Å². The number of hydrogen-bond donors (Lipinski definition) is 1. The van der Waals surface area contributed by atoms with Crippen LogP contribution in [0.5, 0.6) is 0 Å². The van der Waals surface area contributed by atoms with Crippen molar-refractivity contribution in [3.05, 3.63) is 0 Å². The topological polar surface area (TPSA) is 108 Å². The number of phosphoric ester groups is 1. The molecular weight excluding hydrogens is 639 g/mol. The van der Waals surface area contributed by atoms with Gasteiger partial charge in [0.15, 0.2) is 6.10 Å². The van der Waals surface area contributed by atoms with Gasteiger partial charge in [0, 0.05) is 20.0 Å². The second-order valence-electron chi connectivity index (χ2n) is 14.1. The second kappa shape index (κ2) is 36.8. The van der Waals surface area contributed by atoms with Gasteiger partial charge in [0.05, 0.1) is 6.61 Å². The molecule has 2 unspecified atom stereocenters. The Balaban J connectivity index is 3.93. The molecule has 49 heavy (non-hydrogen) atoms. The van der Waals surface area contributed by atoms with Gasteiger partial charge in [-0.3, -0.25) is 18.6 Å². The molecule has 0 fully saturated rings. The van der Waals surface area contributed by atoms with Gasteiger partial charge in [-0.25, -0.2) is 4.57 Å². The molecule has 0 rings (SSSR count). The molecule has 0 saturated carbocycles. The predicted molar refractivity (Wildman–Crippen MR) is 203 cm³/mol. The molecule has 0 amide bonds. The van der Waals surface area contributed by atoms with Crippen LogP contribution in [0.15, 0.2) is 0 Å². The number of carbonyl (C=O) groups is 2. The minimum Gasteiger partial charge on any atom is -0.462 e. The first kappa shape index (κ1) is 48.0. The highest BCUT2D eigenvalue weighted by Gasteiger charge is 2.24. The Hall–Kier alpha value is -0.950. The number of hydrogen-bond acceptors (Lipinski definition) is 7. The van der Waals surface area contributed by atoms with E-state index in [4.69, 9.17) is 14.0 Å². The summed E-state index contributed by atoms with van der Waals surface area (Å²) in [7, 11) is -3.18. The molecule has 292 valence electrons. The molecule has 0 aliphatic heterocycles. The van der Waals surface area contributed by atoms with Gasteiger partial charge in [-0.2, -0.15) is 0 Å². The fraction of sp³-hybridized carbons (Fsp3) is 0.950. The molecule has 0 spiro atoms. The molecule has 1 N–H and O–H groups in total. The molecule has 0 aliphatic carbocycles. The van der Waals surface area contributed by atoms with Gasteiger partial charge in [0.2, 0.25) is 0 Å². The summed E-state index contributed by atoms with van der Waals surface area (Å²) in [5, 5.41) is 0. The van der Waals surface area contributed by atoms with E-state index in [1.54, 1.807) is 0 Å². The summed E-state index contributed by atoms with van der Waals surface area (Å²) in [6, 6.07) is 0. The minimum absolute atomic E-state index is 0.217. The van der Waals surface area contributed by atoms with Crippen LogP contribution in [0.1, 0.15) is 219 Å². The fourth-order valence-electron chi connectivity index (χ4n) is 6.13. The van der Waals surface area contributed by atoms with E-state index < -0.39 is 26.5 Å². The normalized spacial score (nSPS) is 13.3. The highest BCUT2D eigenvalue weighted by molar-refractivity contribution is 7.47. The maximum atomic E-state index is 12.5. The van der Waals surface area contributed by atoms with Crippen LogP contribution in [0.3, 0.4) is 0 Å². The highest BCUT2D eigenvalue weighted by atomic mass is 31.2. The molecule has 0 aromatic carbocycles. The Kier molecular flexibility index (Phi) is 36.1. The van der Waals surface area contributed by atoms with Crippen molar-refractivity contribution in [3.8, 4) is 0 Å². The standard InChI is InChI=1S/C40H79O8P/c1-4-6-8-10-12-14-16-17-18-19-20-21-22-23-25-27-29-31-33-35-40(42)48-38(37-47-49(43,44)45-3)36-46-39(41)34-32-30-28-26-24-15-13-11-9-7-5-2/h38H,4-37H2,1-3H3,(H,43,44). The van der Waals surface area contributed by atoms with E-state index in [1.165, 1.54) is 154 Å². The first-order valence-corrected chi connectivity index (χ1v) is 22.2. The SMILES string of the molecule is CCCCCCCCCCCCCCCCCCCCCC(=O)OC(COC(=O)CCCCCCCCCCCCC)COP(=O)(O)OC. The first-order valence-electron chi connectivity index (χ1n) is 20.7. The van der Waals surface area contributed by atoms with Gasteiger partial charge in [0.25, 0.3) is 0 Å². The van der Waals surface area contributed by atoms with Crippen LogP contribution in [0.2, 0.25) is 0 Å². The molecule has 0 bridgehead atoms. The summed E-state index contributed by atoms with van der Waals surface area (Å²) in [5.41, 5.74) is 0. The predicted octanol–water partition coefficient (Wildman–Crippen LogP) is 12.7. The van der Waals surface area contributed by atoms with Crippen molar-refractivity contribution in [1.82, 2.24) is 0 Å². The van der Waals surface area contributed by atoms with Crippen LogP contribution in [0.4, 0.5) is 0 Å². The highest BCUT2D eigenvalue weighted by Crippen LogP contribution is 2.42. The molecule has 0 aromatic heterocycles. The van der Waals surface area contributed by atoms with Crippen molar-refractivity contribution in [1.29, 1.82) is 0 Å². The summed E-state index contributed by atoms with van der Waals surface area (Å²) < 4.78 is 31.9. The zero-order chi connectivity index (χ0) is 36.1. The Morgan fingerprint density at radius 3 is 1.12 bits per heavy atom. The van der Waals surface area contributed by atoms with Crippen LogP contribution >= 0.6 is 7.82 Å². The van der Waals surface area contributed by atoms with E-state index in [0.717, 1.165) is 45.6 Å². The van der Waals surface area contributed by atoms with Crippen LogP contribution in [-0.4, -0.2) is 43.3 Å². The largest absolute Gasteiger partial charge is 0.472 e. The third-order valence-corrected chi connectivity index (χ3v) is 10.3. The van der Waals surface area contributed by atoms with Gasteiger partial charge in [-0.15, -0.1) is 0 Å². The lowest BCUT2D eigenvalue weighted by molar-refractivity contribution is -0.161. The summed E-state index contributed by atoms with van der Waals surface area (Å²) >= 11 is 0. The maximum absolute atomic E-state index is 12.5.